The van der Waals surface area contributed by atoms with E-state index in [1.165, 1.54) is 11.1 Å². The summed E-state index contributed by atoms with van der Waals surface area (Å²) in [6.45, 7) is 3.90. The van der Waals surface area contributed by atoms with Gasteiger partial charge in [0.1, 0.15) is 0 Å². The van der Waals surface area contributed by atoms with Crippen LogP contribution >= 0.6 is 25.3 Å². The molecule has 0 unspecified atom stereocenters. The summed E-state index contributed by atoms with van der Waals surface area (Å²) in [6.07, 6.45) is 0. The van der Waals surface area contributed by atoms with Crippen LogP contribution in [-0.4, -0.2) is 37.0 Å². The van der Waals surface area contributed by atoms with E-state index in [0.717, 1.165) is 36.0 Å². The van der Waals surface area contributed by atoms with Crippen LogP contribution in [0.5, 0.6) is 0 Å². The second kappa shape index (κ2) is 8.63. The van der Waals surface area contributed by atoms with Gasteiger partial charge in [0.15, 0.2) is 0 Å². The molecule has 0 fully saturated rings. The van der Waals surface area contributed by atoms with Crippen LogP contribution in [0.25, 0.3) is 0 Å². The van der Waals surface area contributed by atoms with E-state index in [9.17, 15) is 0 Å². The van der Waals surface area contributed by atoms with Gasteiger partial charge in [-0.15, -0.1) is 25.3 Å². The van der Waals surface area contributed by atoms with Crippen molar-refractivity contribution in [3.8, 4) is 0 Å². The lowest BCUT2D eigenvalue weighted by atomic mass is 10.2. The van der Waals surface area contributed by atoms with Crippen molar-refractivity contribution in [1.29, 1.82) is 0 Å². The molecule has 0 aliphatic carbocycles. The van der Waals surface area contributed by atoms with Gasteiger partial charge in [0.05, 0.1) is 0 Å². The van der Waals surface area contributed by atoms with Crippen LogP contribution in [0.15, 0.2) is 58.3 Å². The first-order chi connectivity index (χ1) is 10.6. The molecule has 118 valence electrons. The fourth-order valence-corrected chi connectivity index (χ4v) is 2.83. The molecule has 2 nitrogen and oxygen atoms in total. The van der Waals surface area contributed by atoms with E-state index in [4.69, 9.17) is 0 Å². The first-order valence-electron chi connectivity index (χ1n) is 7.47. The van der Waals surface area contributed by atoms with Gasteiger partial charge >= 0.3 is 0 Å². The van der Waals surface area contributed by atoms with Gasteiger partial charge in [-0.3, -0.25) is 0 Å². The third-order valence-corrected chi connectivity index (χ3v) is 4.60. The molecule has 0 aliphatic heterocycles. The molecular formula is C18H24N2S2. The number of benzene rings is 2. The molecule has 0 aliphatic rings. The minimum absolute atomic E-state index is 0.927. The molecule has 0 saturated heterocycles. The Balaban J connectivity index is 1.80. The van der Waals surface area contributed by atoms with Gasteiger partial charge in [0, 0.05) is 36.0 Å². The fourth-order valence-electron chi connectivity index (χ4n) is 2.37. The van der Waals surface area contributed by atoms with Crippen LogP contribution in [0.3, 0.4) is 0 Å². The molecular weight excluding hydrogens is 308 g/mol. The Morgan fingerprint density at radius 2 is 1.05 bits per heavy atom. The molecule has 0 N–H and O–H groups in total. The second-order valence-electron chi connectivity index (χ2n) is 5.73. The number of hydrogen-bond donors (Lipinski definition) is 2. The summed E-state index contributed by atoms with van der Waals surface area (Å²) in [5.41, 5.74) is 2.55. The quantitative estimate of drug-likeness (QED) is 0.744. The third kappa shape index (κ3) is 5.36. The third-order valence-electron chi connectivity index (χ3n) is 3.73. The smallest absolute Gasteiger partial charge is 0.0242 e. The predicted octanol–water partition coefficient (Wildman–Crippen LogP) is 3.83. The summed E-state index contributed by atoms with van der Waals surface area (Å²) < 4.78 is 0. The van der Waals surface area contributed by atoms with Gasteiger partial charge < -0.3 is 9.80 Å². The van der Waals surface area contributed by atoms with Gasteiger partial charge in [-0.2, -0.15) is 0 Å². The maximum absolute atomic E-state index is 4.51. The Bertz CT molecular complexity index is 548. The summed E-state index contributed by atoms with van der Waals surface area (Å²) in [7, 11) is 4.31. The van der Waals surface area contributed by atoms with E-state index in [1.807, 2.05) is 24.3 Å². The monoisotopic (exact) mass is 332 g/mol. The lowest BCUT2D eigenvalue weighted by Crippen LogP contribution is -2.30. The first kappa shape index (κ1) is 17.4. The van der Waals surface area contributed by atoms with Gasteiger partial charge in [-0.25, -0.2) is 0 Å². The molecule has 2 aromatic rings. The van der Waals surface area contributed by atoms with Crippen molar-refractivity contribution in [3.63, 3.8) is 0 Å². The molecule has 0 amide bonds. The van der Waals surface area contributed by atoms with Crippen LogP contribution < -0.4 is 0 Å². The van der Waals surface area contributed by atoms with Crippen molar-refractivity contribution in [2.75, 3.05) is 27.2 Å². The van der Waals surface area contributed by atoms with E-state index in [2.05, 4.69) is 73.4 Å². The zero-order valence-corrected chi connectivity index (χ0v) is 15.0. The minimum Gasteiger partial charge on any atom is -0.301 e. The maximum Gasteiger partial charge on any atom is 0.0242 e. The molecule has 0 bridgehead atoms. The molecule has 2 rings (SSSR count). The highest BCUT2D eigenvalue weighted by Crippen LogP contribution is 2.16. The highest BCUT2D eigenvalue weighted by molar-refractivity contribution is 7.80. The zero-order valence-electron chi connectivity index (χ0n) is 13.2. The molecule has 2 aromatic carbocycles. The summed E-state index contributed by atoms with van der Waals surface area (Å²) in [5.74, 6) is 0. The highest BCUT2D eigenvalue weighted by Gasteiger charge is 2.07. The van der Waals surface area contributed by atoms with E-state index in [-0.39, 0.29) is 0 Å². The normalized spacial score (nSPS) is 11.4. The maximum atomic E-state index is 4.51. The standard InChI is InChI=1S/C18H24N2S2/c1-19(13-15-7-3-5-9-17(15)21)11-12-20(2)14-16-8-4-6-10-18(16)22/h3-10,21-22H,11-14H2,1-2H3. The summed E-state index contributed by atoms with van der Waals surface area (Å²) in [5, 5.41) is 0. The summed E-state index contributed by atoms with van der Waals surface area (Å²) in [6, 6.07) is 16.5. The Morgan fingerprint density at radius 1 is 0.682 bits per heavy atom. The molecule has 4 heteroatoms. The largest absolute Gasteiger partial charge is 0.301 e. The van der Waals surface area contributed by atoms with Gasteiger partial charge in [0.2, 0.25) is 0 Å². The van der Waals surface area contributed by atoms with Crippen molar-refractivity contribution in [2.45, 2.75) is 22.9 Å². The fraction of sp³-hybridized carbons (Fsp3) is 0.333. The average Bonchev–Trinajstić information content (AvgIpc) is 2.50. The van der Waals surface area contributed by atoms with Crippen LogP contribution in [-0.2, 0) is 13.1 Å². The van der Waals surface area contributed by atoms with Crippen LogP contribution in [0.1, 0.15) is 11.1 Å². The van der Waals surface area contributed by atoms with Crippen molar-refractivity contribution < 1.29 is 0 Å². The van der Waals surface area contributed by atoms with Crippen molar-refractivity contribution in [1.82, 2.24) is 9.80 Å². The average molecular weight is 333 g/mol. The molecule has 0 heterocycles. The van der Waals surface area contributed by atoms with Gasteiger partial charge in [-0.05, 0) is 37.4 Å². The SMILES string of the molecule is CN(CCN(C)Cc1ccccc1S)Cc1ccccc1S. The molecule has 0 spiro atoms. The van der Waals surface area contributed by atoms with Crippen LogP contribution in [0.4, 0.5) is 0 Å². The van der Waals surface area contributed by atoms with Crippen LogP contribution in [0, 0.1) is 0 Å². The summed E-state index contributed by atoms with van der Waals surface area (Å²) in [4.78, 5) is 6.79. The second-order valence-corrected chi connectivity index (χ2v) is 6.70. The Hall–Kier alpha value is -0.940. The van der Waals surface area contributed by atoms with Crippen molar-refractivity contribution in [2.24, 2.45) is 0 Å². The Kier molecular flexibility index (Phi) is 6.83. The van der Waals surface area contributed by atoms with Crippen molar-refractivity contribution >= 4 is 25.3 Å². The number of likely N-dealkylation sites (N-methyl/N-ethyl adjacent to an activating group) is 2. The number of rotatable bonds is 7. The van der Waals surface area contributed by atoms with E-state index < -0.39 is 0 Å². The topological polar surface area (TPSA) is 6.48 Å². The molecule has 0 aromatic heterocycles. The first-order valence-corrected chi connectivity index (χ1v) is 8.36. The Morgan fingerprint density at radius 3 is 1.41 bits per heavy atom. The lowest BCUT2D eigenvalue weighted by Gasteiger charge is -2.23. The molecule has 0 saturated carbocycles. The molecule has 22 heavy (non-hydrogen) atoms. The van der Waals surface area contributed by atoms with E-state index >= 15 is 0 Å². The van der Waals surface area contributed by atoms with Gasteiger partial charge in [-0.1, -0.05) is 36.4 Å². The zero-order chi connectivity index (χ0) is 15.9. The highest BCUT2D eigenvalue weighted by atomic mass is 32.1. The van der Waals surface area contributed by atoms with E-state index in [0.29, 0.717) is 0 Å². The molecule has 0 radical (unpaired) electrons. The number of hydrogen-bond acceptors (Lipinski definition) is 4. The number of nitrogens with zero attached hydrogens (tertiary/aromatic N) is 2. The minimum atomic E-state index is 0.927. The van der Waals surface area contributed by atoms with Crippen LogP contribution in [0.2, 0.25) is 0 Å². The summed E-state index contributed by atoms with van der Waals surface area (Å²) >= 11 is 9.03. The van der Waals surface area contributed by atoms with Crippen molar-refractivity contribution in [3.05, 3.63) is 59.7 Å². The molecule has 0 atom stereocenters. The lowest BCUT2D eigenvalue weighted by molar-refractivity contribution is 0.245. The number of thiol groups is 2. The van der Waals surface area contributed by atoms with E-state index in [1.54, 1.807) is 0 Å². The predicted molar refractivity (Wildman–Crippen MR) is 100 cm³/mol. The Labute approximate surface area is 145 Å². The van der Waals surface area contributed by atoms with Gasteiger partial charge in [0.25, 0.3) is 0 Å².